The number of nitrogens with zero attached hydrogens (tertiary/aromatic N) is 4. The molecule has 2 N–H and O–H groups in total. The van der Waals surface area contributed by atoms with Gasteiger partial charge in [-0.3, -0.25) is 15.0 Å². The van der Waals surface area contributed by atoms with E-state index >= 15 is 0 Å². The lowest BCUT2D eigenvalue weighted by Crippen LogP contribution is -2.28. The minimum Gasteiger partial charge on any atom is -0.312 e. The number of amides is 1. The van der Waals surface area contributed by atoms with Gasteiger partial charge in [-0.1, -0.05) is 12.1 Å². The van der Waals surface area contributed by atoms with Crippen molar-refractivity contribution in [3.05, 3.63) is 48.8 Å². The molecule has 0 unspecified atom stereocenters. The molecule has 2 aromatic carbocycles. The molecule has 0 radical (unpaired) electrons. The number of aromatic nitrogens is 5. The van der Waals surface area contributed by atoms with Crippen LogP contribution in [0, 0.1) is 0 Å². The van der Waals surface area contributed by atoms with E-state index in [0.29, 0.717) is 5.82 Å². The lowest BCUT2D eigenvalue weighted by atomic mass is 10.0. The first-order valence-corrected chi connectivity index (χ1v) is 8.35. The third-order valence-corrected chi connectivity index (χ3v) is 4.34. The molecule has 0 saturated heterocycles. The van der Waals surface area contributed by atoms with Crippen LogP contribution in [0.2, 0.25) is 0 Å². The van der Waals surface area contributed by atoms with Crippen LogP contribution in [-0.4, -0.2) is 37.8 Å². The SMILES string of the molecule is CC(C)N(C=O)c1cccc(-c2n[nH]c3ccc(-c4ncn[nH]4)cc23)c1. The summed E-state index contributed by atoms with van der Waals surface area (Å²) >= 11 is 0. The lowest BCUT2D eigenvalue weighted by Gasteiger charge is -2.22. The third kappa shape index (κ3) is 2.73. The summed E-state index contributed by atoms with van der Waals surface area (Å²) in [6, 6.07) is 13.9. The Hall–Kier alpha value is -3.48. The molecule has 0 spiro atoms. The van der Waals surface area contributed by atoms with Gasteiger partial charge in [-0.2, -0.15) is 10.2 Å². The minimum atomic E-state index is 0.0803. The second-order valence-electron chi connectivity index (χ2n) is 6.32. The van der Waals surface area contributed by atoms with Gasteiger partial charge in [0, 0.05) is 28.2 Å². The molecule has 0 atom stereocenters. The number of fused-ring (bicyclic) bond motifs is 1. The molecule has 0 aliphatic rings. The average molecular weight is 346 g/mol. The van der Waals surface area contributed by atoms with E-state index in [0.717, 1.165) is 39.8 Å². The number of H-pyrrole nitrogens is 2. The maximum absolute atomic E-state index is 11.4. The third-order valence-electron chi connectivity index (χ3n) is 4.34. The Kier molecular flexibility index (Phi) is 3.96. The first kappa shape index (κ1) is 16.0. The summed E-state index contributed by atoms with van der Waals surface area (Å²) < 4.78 is 0. The van der Waals surface area contributed by atoms with Crippen LogP contribution in [0.25, 0.3) is 33.5 Å². The fraction of sp³-hybridized carbons (Fsp3) is 0.158. The molecule has 2 heterocycles. The molecular weight excluding hydrogens is 328 g/mol. The van der Waals surface area contributed by atoms with Gasteiger partial charge in [-0.15, -0.1) is 0 Å². The van der Waals surface area contributed by atoms with E-state index in [1.54, 1.807) is 4.90 Å². The monoisotopic (exact) mass is 346 g/mol. The van der Waals surface area contributed by atoms with Gasteiger partial charge in [0.1, 0.15) is 6.33 Å². The van der Waals surface area contributed by atoms with E-state index in [4.69, 9.17) is 0 Å². The van der Waals surface area contributed by atoms with Crippen molar-refractivity contribution in [3.63, 3.8) is 0 Å². The lowest BCUT2D eigenvalue weighted by molar-refractivity contribution is -0.107. The van der Waals surface area contributed by atoms with Gasteiger partial charge < -0.3 is 4.90 Å². The van der Waals surface area contributed by atoms with Crippen LogP contribution in [0.4, 0.5) is 5.69 Å². The maximum atomic E-state index is 11.4. The zero-order valence-corrected chi connectivity index (χ0v) is 14.5. The summed E-state index contributed by atoms with van der Waals surface area (Å²) in [7, 11) is 0. The van der Waals surface area contributed by atoms with Gasteiger partial charge in [0.25, 0.3) is 0 Å². The van der Waals surface area contributed by atoms with E-state index in [9.17, 15) is 4.79 Å². The summed E-state index contributed by atoms with van der Waals surface area (Å²) in [6.07, 6.45) is 2.34. The number of nitrogens with one attached hydrogen (secondary N) is 2. The van der Waals surface area contributed by atoms with E-state index < -0.39 is 0 Å². The van der Waals surface area contributed by atoms with Crippen molar-refractivity contribution in [2.45, 2.75) is 19.9 Å². The first-order chi connectivity index (χ1) is 12.7. The first-order valence-electron chi connectivity index (χ1n) is 8.35. The molecule has 0 fully saturated rings. The fourth-order valence-electron chi connectivity index (χ4n) is 3.02. The molecule has 0 aliphatic heterocycles. The normalized spacial score (nSPS) is 11.2. The fourth-order valence-corrected chi connectivity index (χ4v) is 3.02. The molecule has 130 valence electrons. The Morgan fingerprint density at radius 3 is 2.69 bits per heavy atom. The predicted octanol–water partition coefficient (Wildman–Crippen LogP) is 3.39. The number of benzene rings is 2. The van der Waals surface area contributed by atoms with E-state index in [1.165, 1.54) is 6.33 Å². The zero-order chi connectivity index (χ0) is 18.1. The van der Waals surface area contributed by atoms with E-state index in [1.807, 2.05) is 56.3 Å². The van der Waals surface area contributed by atoms with Crippen molar-refractivity contribution >= 4 is 23.0 Å². The molecule has 4 aromatic rings. The summed E-state index contributed by atoms with van der Waals surface area (Å²) in [5.74, 6) is 0.708. The van der Waals surface area contributed by atoms with Crippen molar-refractivity contribution in [3.8, 4) is 22.6 Å². The largest absolute Gasteiger partial charge is 0.312 e. The number of carbonyl (C=O) groups excluding carboxylic acids is 1. The highest BCUT2D eigenvalue weighted by Crippen LogP contribution is 2.31. The Bertz CT molecular complexity index is 1050. The average Bonchev–Trinajstić information content (AvgIpc) is 3.31. The molecule has 4 rings (SSSR count). The topological polar surface area (TPSA) is 90.6 Å². The van der Waals surface area contributed by atoms with Gasteiger partial charge in [0.05, 0.1) is 11.2 Å². The number of rotatable bonds is 5. The summed E-state index contributed by atoms with van der Waals surface area (Å²) in [6.45, 7) is 3.96. The van der Waals surface area contributed by atoms with Crippen LogP contribution in [0.15, 0.2) is 48.8 Å². The number of anilines is 1. The van der Waals surface area contributed by atoms with Crippen molar-refractivity contribution in [2.24, 2.45) is 0 Å². The highest BCUT2D eigenvalue weighted by Gasteiger charge is 2.14. The highest BCUT2D eigenvalue weighted by atomic mass is 16.1. The van der Waals surface area contributed by atoms with Crippen LogP contribution in [-0.2, 0) is 4.79 Å². The molecule has 7 nitrogen and oxygen atoms in total. The number of hydrogen-bond donors (Lipinski definition) is 2. The molecule has 0 bridgehead atoms. The maximum Gasteiger partial charge on any atom is 0.214 e. The minimum absolute atomic E-state index is 0.0803. The van der Waals surface area contributed by atoms with Gasteiger partial charge in [0.15, 0.2) is 5.82 Å². The summed E-state index contributed by atoms with van der Waals surface area (Å²) in [4.78, 5) is 17.3. The van der Waals surface area contributed by atoms with Crippen molar-refractivity contribution in [1.29, 1.82) is 0 Å². The Morgan fingerprint density at radius 2 is 1.96 bits per heavy atom. The molecule has 7 heteroatoms. The second kappa shape index (κ2) is 6.44. The van der Waals surface area contributed by atoms with Gasteiger partial charge in [-0.25, -0.2) is 4.98 Å². The predicted molar refractivity (Wildman–Crippen MR) is 101 cm³/mol. The van der Waals surface area contributed by atoms with Gasteiger partial charge in [0.2, 0.25) is 6.41 Å². The molecule has 1 amide bonds. The smallest absolute Gasteiger partial charge is 0.214 e. The number of aromatic amines is 2. The van der Waals surface area contributed by atoms with E-state index in [-0.39, 0.29) is 6.04 Å². The molecule has 2 aromatic heterocycles. The Morgan fingerprint density at radius 1 is 1.08 bits per heavy atom. The van der Waals surface area contributed by atoms with Crippen LogP contribution < -0.4 is 4.90 Å². The van der Waals surface area contributed by atoms with E-state index in [2.05, 4.69) is 25.4 Å². The Balaban J connectivity index is 1.82. The summed E-state index contributed by atoms with van der Waals surface area (Å²) in [5, 5.41) is 15.3. The summed E-state index contributed by atoms with van der Waals surface area (Å²) in [5.41, 5.74) is 4.49. The van der Waals surface area contributed by atoms with Crippen LogP contribution >= 0.6 is 0 Å². The molecular formula is C19H18N6O. The quantitative estimate of drug-likeness (QED) is 0.542. The van der Waals surface area contributed by atoms with Crippen molar-refractivity contribution in [1.82, 2.24) is 25.4 Å². The number of carbonyl (C=O) groups is 1. The molecule has 0 saturated carbocycles. The number of hydrogen-bond acceptors (Lipinski definition) is 4. The molecule has 26 heavy (non-hydrogen) atoms. The van der Waals surface area contributed by atoms with Crippen LogP contribution in [0.3, 0.4) is 0 Å². The van der Waals surface area contributed by atoms with Crippen molar-refractivity contribution < 1.29 is 4.79 Å². The standard InChI is InChI=1S/C19H18N6O/c1-12(2)25(11-26)15-5-3-4-13(8-15)18-16-9-14(19-20-10-21-24-19)6-7-17(16)22-23-18/h3-12H,1-2H3,(H,22,23)(H,20,21,24). The van der Waals surface area contributed by atoms with Gasteiger partial charge in [-0.05, 0) is 44.2 Å². The van der Waals surface area contributed by atoms with Gasteiger partial charge >= 0.3 is 0 Å². The Labute approximate surface area is 150 Å². The second-order valence-corrected chi connectivity index (χ2v) is 6.32. The van der Waals surface area contributed by atoms with Crippen LogP contribution in [0.1, 0.15) is 13.8 Å². The zero-order valence-electron chi connectivity index (χ0n) is 14.5. The highest BCUT2D eigenvalue weighted by molar-refractivity contribution is 5.96. The van der Waals surface area contributed by atoms with Crippen molar-refractivity contribution in [2.75, 3.05) is 4.90 Å². The molecule has 0 aliphatic carbocycles. The van der Waals surface area contributed by atoms with Crippen LogP contribution in [0.5, 0.6) is 0 Å².